The van der Waals surface area contributed by atoms with Crippen molar-refractivity contribution in [2.75, 3.05) is 0 Å². The summed E-state index contributed by atoms with van der Waals surface area (Å²) in [7, 11) is 0. The highest BCUT2D eigenvalue weighted by Crippen LogP contribution is 1.80. The molecule has 6 heteroatoms. The number of hydrogen-bond acceptors (Lipinski definition) is 3. The van der Waals surface area contributed by atoms with Gasteiger partial charge in [-0.15, -0.1) is 0 Å². The zero-order valence-electron chi connectivity index (χ0n) is 5.38. The first kappa shape index (κ1) is 9.73. The van der Waals surface area contributed by atoms with Crippen LogP contribution in [0, 0.1) is 4.77 Å². The largest absolute Gasteiger partial charge is 0.412 e. The smallest absolute Gasteiger partial charge is 0.252 e. The maximum Gasteiger partial charge on any atom is 0.252 e. The zero-order chi connectivity index (χ0) is 7.56. The minimum atomic E-state index is -0.370. The summed E-state index contributed by atoms with van der Waals surface area (Å²) in [6, 6.07) is 1.14. The third-order valence-corrected chi connectivity index (χ3v) is 1.11. The number of aromatic amines is 2. The van der Waals surface area contributed by atoms with Crippen LogP contribution >= 0.6 is 12.2 Å². The molecule has 0 aliphatic carbocycles. The molecule has 1 aromatic heterocycles. The van der Waals surface area contributed by atoms with Gasteiger partial charge >= 0.3 is 0 Å². The number of aromatic nitrogens is 2. The predicted molar refractivity (Wildman–Crippen MR) is 41.2 cm³/mol. The van der Waals surface area contributed by atoms with Crippen molar-refractivity contribution in [3.05, 3.63) is 26.9 Å². The van der Waals surface area contributed by atoms with Crippen molar-refractivity contribution in [1.29, 1.82) is 0 Å². The second kappa shape index (κ2) is 3.79. The lowest BCUT2D eigenvalue weighted by atomic mass is 10.4. The number of nitrogens with one attached hydrogen (secondary N) is 2. The van der Waals surface area contributed by atoms with Gasteiger partial charge in [0.15, 0.2) is 11.1 Å². The van der Waals surface area contributed by atoms with E-state index in [1.807, 2.05) is 0 Å². The molecule has 0 aliphatic heterocycles. The molecule has 0 aromatic carbocycles. The summed E-state index contributed by atoms with van der Waals surface area (Å²) in [5.74, 6) is 0. The third-order valence-electron chi connectivity index (χ3n) is 0.908. The Morgan fingerprint density at radius 1 is 1.45 bits per heavy atom. The second-order valence-corrected chi connectivity index (χ2v) is 2.07. The molecule has 0 radical (unpaired) electrons. The SMILES string of the molecule is O.O=Cc1cc(=O)[nH]c(=S)[nH]1. The van der Waals surface area contributed by atoms with Gasteiger partial charge in [0.1, 0.15) is 0 Å². The van der Waals surface area contributed by atoms with Gasteiger partial charge in [-0.1, -0.05) is 0 Å². The van der Waals surface area contributed by atoms with Gasteiger partial charge in [-0.2, -0.15) is 0 Å². The number of carbonyl (C=O) groups is 1. The number of hydrogen-bond donors (Lipinski definition) is 2. The number of aldehydes is 1. The Hall–Kier alpha value is -1.27. The lowest BCUT2D eigenvalue weighted by molar-refractivity contribution is 0.111. The van der Waals surface area contributed by atoms with E-state index >= 15 is 0 Å². The Kier molecular flexibility index (Phi) is 3.35. The molecule has 0 amide bonds. The van der Waals surface area contributed by atoms with E-state index in [0.717, 1.165) is 6.07 Å². The van der Waals surface area contributed by atoms with Gasteiger partial charge in [-0.05, 0) is 12.2 Å². The van der Waals surface area contributed by atoms with E-state index in [4.69, 9.17) is 0 Å². The van der Waals surface area contributed by atoms with Crippen molar-refractivity contribution >= 4 is 18.5 Å². The van der Waals surface area contributed by atoms with Crippen LogP contribution < -0.4 is 5.56 Å². The first-order chi connectivity index (χ1) is 4.72. The van der Waals surface area contributed by atoms with E-state index in [-0.39, 0.29) is 21.5 Å². The van der Waals surface area contributed by atoms with Crippen LogP contribution in [0.25, 0.3) is 0 Å². The monoisotopic (exact) mass is 174 g/mol. The molecule has 0 spiro atoms. The second-order valence-electron chi connectivity index (χ2n) is 1.66. The molecule has 1 rings (SSSR count). The average Bonchev–Trinajstić information content (AvgIpc) is 1.85. The highest BCUT2D eigenvalue weighted by atomic mass is 32.1. The van der Waals surface area contributed by atoms with Gasteiger partial charge in [0.2, 0.25) is 0 Å². The van der Waals surface area contributed by atoms with Crippen LogP contribution in [-0.4, -0.2) is 21.7 Å². The average molecular weight is 174 g/mol. The highest BCUT2D eigenvalue weighted by Gasteiger charge is 1.89. The quantitative estimate of drug-likeness (QED) is 0.440. The zero-order valence-corrected chi connectivity index (χ0v) is 6.20. The molecule has 0 saturated heterocycles. The van der Waals surface area contributed by atoms with E-state index in [1.165, 1.54) is 0 Å². The van der Waals surface area contributed by atoms with Crippen LogP contribution in [-0.2, 0) is 0 Å². The van der Waals surface area contributed by atoms with Gasteiger partial charge in [-0.25, -0.2) is 0 Å². The topological polar surface area (TPSA) is 97.2 Å². The van der Waals surface area contributed by atoms with Crippen LogP contribution in [0.15, 0.2) is 10.9 Å². The Labute approximate surface area is 66.4 Å². The summed E-state index contributed by atoms with van der Waals surface area (Å²) in [6.07, 6.45) is 0.533. The summed E-state index contributed by atoms with van der Waals surface area (Å²) in [5, 5.41) is 0. The molecule has 0 bridgehead atoms. The van der Waals surface area contributed by atoms with Gasteiger partial charge in [0.05, 0.1) is 5.69 Å². The lowest BCUT2D eigenvalue weighted by Crippen LogP contribution is -2.07. The first-order valence-electron chi connectivity index (χ1n) is 2.51. The van der Waals surface area contributed by atoms with E-state index in [1.54, 1.807) is 0 Å². The maximum atomic E-state index is 10.6. The molecule has 0 unspecified atom stereocenters. The van der Waals surface area contributed by atoms with E-state index in [9.17, 15) is 9.59 Å². The molecule has 1 aromatic rings. The normalized spacial score (nSPS) is 8.36. The summed E-state index contributed by atoms with van der Waals surface area (Å²) in [4.78, 5) is 25.4. The Morgan fingerprint density at radius 2 is 2.09 bits per heavy atom. The Balaban J connectivity index is 0.000001000. The van der Waals surface area contributed by atoms with Gasteiger partial charge in [-0.3, -0.25) is 14.6 Å². The Morgan fingerprint density at radius 3 is 2.55 bits per heavy atom. The predicted octanol–water partition coefficient (Wildman–Crippen LogP) is -0.580. The van der Waals surface area contributed by atoms with Crippen molar-refractivity contribution in [3.8, 4) is 0 Å². The number of H-pyrrole nitrogens is 2. The molecule has 11 heavy (non-hydrogen) atoms. The summed E-state index contributed by atoms with van der Waals surface area (Å²) < 4.78 is 0.162. The van der Waals surface area contributed by atoms with Gasteiger partial charge in [0.25, 0.3) is 5.56 Å². The third kappa shape index (κ3) is 2.44. The van der Waals surface area contributed by atoms with Crippen LogP contribution in [0.5, 0.6) is 0 Å². The molecule has 0 atom stereocenters. The summed E-state index contributed by atoms with van der Waals surface area (Å²) in [5.41, 5.74) is -0.181. The van der Waals surface area contributed by atoms with Crippen molar-refractivity contribution in [1.82, 2.24) is 9.97 Å². The molecular weight excluding hydrogens is 168 g/mol. The molecule has 1 heterocycles. The van der Waals surface area contributed by atoms with E-state index < -0.39 is 0 Å². The maximum absolute atomic E-state index is 10.6. The van der Waals surface area contributed by atoms with Gasteiger partial charge < -0.3 is 10.5 Å². The molecule has 4 N–H and O–H groups in total. The van der Waals surface area contributed by atoms with Gasteiger partial charge in [0, 0.05) is 6.07 Å². The highest BCUT2D eigenvalue weighted by molar-refractivity contribution is 7.71. The molecule has 5 nitrogen and oxygen atoms in total. The molecule has 0 aliphatic rings. The first-order valence-corrected chi connectivity index (χ1v) is 2.92. The van der Waals surface area contributed by atoms with Crippen LogP contribution in [0.2, 0.25) is 0 Å². The van der Waals surface area contributed by atoms with Crippen molar-refractivity contribution in [2.24, 2.45) is 0 Å². The fourth-order valence-corrected chi connectivity index (χ4v) is 0.770. The molecular formula is C5H6N2O3S. The number of rotatable bonds is 1. The van der Waals surface area contributed by atoms with E-state index in [2.05, 4.69) is 22.2 Å². The summed E-state index contributed by atoms with van der Waals surface area (Å²) in [6.45, 7) is 0. The number of carbonyl (C=O) groups excluding carboxylic acids is 1. The molecule has 60 valence electrons. The standard InChI is InChI=1S/C5H4N2O2S.H2O/c8-2-3-1-4(9)7-5(10)6-3;/h1-2H,(H2,6,7,9,10);1H2. The van der Waals surface area contributed by atoms with Crippen LogP contribution in [0.3, 0.4) is 0 Å². The van der Waals surface area contributed by atoms with Crippen molar-refractivity contribution < 1.29 is 10.3 Å². The fourth-order valence-electron chi connectivity index (χ4n) is 0.551. The minimum Gasteiger partial charge on any atom is -0.412 e. The fraction of sp³-hybridized carbons (Fsp3) is 0. The van der Waals surface area contributed by atoms with Crippen LogP contribution in [0.4, 0.5) is 0 Å². The summed E-state index contributed by atoms with van der Waals surface area (Å²) >= 11 is 4.58. The minimum absolute atomic E-state index is 0. The lowest BCUT2D eigenvalue weighted by Gasteiger charge is -1.86. The Bertz CT molecular complexity index is 325. The van der Waals surface area contributed by atoms with Crippen molar-refractivity contribution in [3.63, 3.8) is 0 Å². The van der Waals surface area contributed by atoms with E-state index in [0.29, 0.717) is 6.29 Å². The van der Waals surface area contributed by atoms with Crippen LogP contribution in [0.1, 0.15) is 10.5 Å². The molecule has 0 saturated carbocycles. The molecule has 0 fully saturated rings. The van der Waals surface area contributed by atoms with Crippen molar-refractivity contribution in [2.45, 2.75) is 0 Å².